The number of aromatic nitrogens is 1. The van der Waals surface area contributed by atoms with Crippen LogP contribution in [0.1, 0.15) is 12.8 Å². The Labute approximate surface area is 122 Å². The fourth-order valence-corrected chi connectivity index (χ4v) is 2.64. The highest BCUT2D eigenvalue weighted by Crippen LogP contribution is 2.11. The number of amides is 1. The van der Waals surface area contributed by atoms with Crippen LogP contribution in [0.15, 0.2) is 41.3 Å². The summed E-state index contributed by atoms with van der Waals surface area (Å²) < 4.78 is 7.27. The van der Waals surface area contributed by atoms with Gasteiger partial charge in [-0.15, -0.1) is 0 Å². The van der Waals surface area contributed by atoms with Crippen LogP contribution in [0.3, 0.4) is 0 Å². The largest absolute Gasteiger partial charge is 0.376 e. The number of hydrogen-bond acceptors (Lipinski definition) is 3. The molecule has 1 N–H and O–H groups in total. The average molecular weight is 286 g/mol. The van der Waals surface area contributed by atoms with Gasteiger partial charge in [0, 0.05) is 30.8 Å². The second kappa shape index (κ2) is 6.10. The molecule has 0 aliphatic carbocycles. The Morgan fingerprint density at radius 3 is 3.00 bits per heavy atom. The van der Waals surface area contributed by atoms with Crippen LogP contribution in [-0.4, -0.2) is 29.7 Å². The van der Waals surface area contributed by atoms with Crippen LogP contribution in [0, 0.1) is 0 Å². The second-order valence-electron chi connectivity index (χ2n) is 5.26. The van der Waals surface area contributed by atoms with Gasteiger partial charge in [0.2, 0.25) is 5.91 Å². The number of pyridine rings is 1. The van der Waals surface area contributed by atoms with Crippen LogP contribution in [0.2, 0.25) is 0 Å². The quantitative estimate of drug-likeness (QED) is 0.921. The average Bonchev–Trinajstić information content (AvgIpc) is 3.02. The third-order valence-corrected chi connectivity index (χ3v) is 3.75. The predicted octanol–water partition coefficient (Wildman–Crippen LogP) is 1.30. The van der Waals surface area contributed by atoms with Crippen LogP contribution in [0.25, 0.3) is 10.9 Å². The molecule has 0 radical (unpaired) electrons. The van der Waals surface area contributed by atoms with E-state index in [1.807, 2.05) is 18.2 Å². The Bertz CT molecular complexity index is 702. The van der Waals surface area contributed by atoms with Gasteiger partial charge in [-0.3, -0.25) is 9.59 Å². The number of hydrogen-bond donors (Lipinski definition) is 1. The number of fused-ring (bicyclic) bond motifs is 1. The molecule has 1 aliphatic rings. The monoisotopic (exact) mass is 286 g/mol. The van der Waals surface area contributed by atoms with E-state index in [1.165, 1.54) is 6.07 Å². The summed E-state index contributed by atoms with van der Waals surface area (Å²) in [5.74, 6) is -0.0701. The minimum Gasteiger partial charge on any atom is -0.376 e. The molecule has 1 unspecified atom stereocenters. The van der Waals surface area contributed by atoms with E-state index in [9.17, 15) is 9.59 Å². The molecular weight excluding hydrogens is 268 g/mol. The molecule has 2 aromatic rings. The number of para-hydroxylation sites is 1. The lowest BCUT2D eigenvalue weighted by Gasteiger charge is -2.13. The summed E-state index contributed by atoms with van der Waals surface area (Å²) in [5.41, 5.74) is 0.749. The van der Waals surface area contributed by atoms with Crippen molar-refractivity contribution in [2.24, 2.45) is 0 Å². The van der Waals surface area contributed by atoms with E-state index in [1.54, 1.807) is 16.8 Å². The van der Waals surface area contributed by atoms with Gasteiger partial charge in [0.15, 0.2) is 5.43 Å². The lowest BCUT2D eigenvalue weighted by molar-refractivity contribution is -0.122. The number of nitrogens with one attached hydrogen (secondary N) is 1. The van der Waals surface area contributed by atoms with Gasteiger partial charge >= 0.3 is 0 Å². The van der Waals surface area contributed by atoms with Crippen LogP contribution in [0.5, 0.6) is 0 Å². The number of benzene rings is 1. The van der Waals surface area contributed by atoms with E-state index < -0.39 is 0 Å². The van der Waals surface area contributed by atoms with Crippen LogP contribution in [-0.2, 0) is 16.1 Å². The van der Waals surface area contributed by atoms with Gasteiger partial charge in [0.05, 0.1) is 11.6 Å². The van der Waals surface area contributed by atoms with Crippen molar-refractivity contribution in [1.82, 2.24) is 9.88 Å². The van der Waals surface area contributed by atoms with E-state index in [2.05, 4.69) is 5.32 Å². The van der Waals surface area contributed by atoms with Gasteiger partial charge in [-0.25, -0.2) is 0 Å². The van der Waals surface area contributed by atoms with Gasteiger partial charge < -0.3 is 14.6 Å². The number of nitrogens with zero attached hydrogens (tertiary/aromatic N) is 1. The Kier molecular flexibility index (Phi) is 4.01. The molecule has 1 atom stereocenters. The maximum Gasteiger partial charge on any atom is 0.240 e. The third-order valence-electron chi connectivity index (χ3n) is 3.75. The number of carbonyl (C=O) groups is 1. The first-order chi connectivity index (χ1) is 10.2. The zero-order chi connectivity index (χ0) is 14.7. The molecule has 21 heavy (non-hydrogen) atoms. The highest BCUT2D eigenvalue weighted by atomic mass is 16.5. The van der Waals surface area contributed by atoms with Crippen molar-refractivity contribution < 1.29 is 9.53 Å². The van der Waals surface area contributed by atoms with Crippen LogP contribution in [0.4, 0.5) is 0 Å². The SMILES string of the molecule is O=C(Cn1ccc(=O)c2ccccc21)NCC1CCCO1. The summed E-state index contributed by atoms with van der Waals surface area (Å²) in [6, 6.07) is 8.81. The van der Waals surface area contributed by atoms with E-state index in [4.69, 9.17) is 4.74 Å². The zero-order valence-electron chi connectivity index (χ0n) is 11.7. The normalized spacial score (nSPS) is 18.0. The van der Waals surface area contributed by atoms with E-state index in [-0.39, 0.29) is 24.0 Å². The summed E-state index contributed by atoms with van der Waals surface area (Å²) >= 11 is 0. The van der Waals surface area contributed by atoms with Gasteiger partial charge in [-0.1, -0.05) is 12.1 Å². The molecule has 1 aromatic carbocycles. The van der Waals surface area contributed by atoms with Crippen molar-refractivity contribution >= 4 is 16.8 Å². The molecule has 2 heterocycles. The minimum absolute atomic E-state index is 0.0263. The molecule has 1 aliphatic heterocycles. The lowest BCUT2D eigenvalue weighted by Crippen LogP contribution is -2.34. The fraction of sp³-hybridized carbons (Fsp3) is 0.375. The first-order valence-electron chi connectivity index (χ1n) is 7.20. The summed E-state index contributed by atoms with van der Waals surface area (Å²) in [7, 11) is 0. The van der Waals surface area contributed by atoms with Crippen LogP contribution >= 0.6 is 0 Å². The summed E-state index contributed by atoms with van der Waals surface area (Å²) in [6.07, 6.45) is 3.86. The van der Waals surface area contributed by atoms with Gasteiger partial charge in [0.1, 0.15) is 6.54 Å². The molecule has 0 bridgehead atoms. The van der Waals surface area contributed by atoms with Crippen molar-refractivity contribution in [3.63, 3.8) is 0 Å². The number of rotatable bonds is 4. The zero-order valence-corrected chi connectivity index (χ0v) is 11.7. The molecule has 3 rings (SSSR count). The molecule has 1 amide bonds. The predicted molar refractivity (Wildman–Crippen MR) is 80.2 cm³/mol. The van der Waals surface area contributed by atoms with E-state index in [0.29, 0.717) is 11.9 Å². The lowest BCUT2D eigenvalue weighted by atomic mass is 10.2. The third kappa shape index (κ3) is 3.13. The summed E-state index contributed by atoms with van der Waals surface area (Å²) in [6.45, 7) is 1.54. The Morgan fingerprint density at radius 2 is 2.19 bits per heavy atom. The fourth-order valence-electron chi connectivity index (χ4n) is 2.64. The second-order valence-corrected chi connectivity index (χ2v) is 5.26. The highest BCUT2D eigenvalue weighted by molar-refractivity contribution is 5.82. The van der Waals surface area contributed by atoms with Crippen molar-refractivity contribution in [1.29, 1.82) is 0 Å². The Morgan fingerprint density at radius 1 is 1.33 bits per heavy atom. The smallest absolute Gasteiger partial charge is 0.240 e. The molecular formula is C16H18N2O3. The van der Waals surface area contributed by atoms with Gasteiger partial charge in [-0.2, -0.15) is 0 Å². The standard InChI is InChI=1S/C16H18N2O3/c19-15-7-8-18(14-6-2-1-5-13(14)15)11-16(20)17-10-12-4-3-9-21-12/h1-2,5-8,12H,3-4,9-11H2,(H,17,20). The summed E-state index contributed by atoms with van der Waals surface area (Å²) in [5, 5.41) is 3.52. The van der Waals surface area contributed by atoms with E-state index in [0.717, 1.165) is 25.0 Å². The van der Waals surface area contributed by atoms with Gasteiger partial charge in [0.25, 0.3) is 0 Å². The van der Waals surface area contributed by atoms with Crippen LogP contribution < -0.4 is 10.7 Å². The maximum atomic E-state index is 12.0. The summed E-state index contributed by atoms with van der Waals surface area (Å²) in [4.78, 5) is 23.8. The molecule has 0 saturated carbocycles. The first kappa shape index (κ1) is 13.8. The molecule has 1 saturated heterocycles. The highest BCUT2D eigenvalue weighted by Gasteiger charge is 2.16. The Hall–Kier alpha value is -2.14. The molecule has 1 fully saturated rings. The first-order valence-corrected chi connectivity index (χ1v) is 7.20. The number of carbonyl (C=O) groups excluding carboxylic acids is 1. The minimum atomic E-state index is -0.0701. The van der Waals surface area contributed by atoms with Gasteiger partial charge in [-0.05, 0) is 25.0 Å². The maximum absolute atomic E-state index is 12.0. The van der Waals surface area contributed by atoms with Crippen molar-refractivity contribution in [2.75, 3.05) is 13.2 Å². The van der Waals surface area contributed by atoms with Crippen molar-refractivity contribution in [3.05, 3.63) is 46.8 Å². The van der Waals surface area contributed by atoms with E-state index >= 15 is 0 Å². The molecule has 1 aromatic heterocycles. The number of ether oxygens (including phenoxy) is 1. The molecule has 5 nitrogen and oxygen atoms in total. The van der Waals surface area contributed by atoms with Crippen molar-refractivity contribution in [2.45, 2.75) is 25.5 Å². The molecule has 110 valence electrons. The molecule has 5 heteroatoms. The van der Waals surface area contributed by atoms with Crippen molar-refractivity contribution in [3.8, 4) is 0 Å². The molecule has 0 spiro atoms. The Balaban J connectivity index is 1.71. The topological polar surface area (TPSA) is 60.3 Å².